The Bertz CT molecular complexity index is 1090. The third-order valence-electron chi connectivity index (χ3n) is 4.20. The van der Waals surface area contributed by atoms with E-state index in [0.29, 0.717) is 5.56 Å². The monoisotopic (exact) mass is 450 g/mol. The number of hydrogen-bond acceptors (Lipinski definition) is 5. The highest BCUT2D eigenvalue weighted by Crippen LogP contribution is 2.32. The van der Waals surface area contributed by atoms with Gasteiger partial charge in [-0.05, 0) is 18.6 Å². The zero-order valence-electron chi connectivity index (χ0n) is 16.2. The number of nitrogens with zero attached hydrogens (tertiary/aromatic N) is 3. The molecule has 0 aliphatic rings. The Morgan fingerprint density at radius 3 is 2.58 bits per heavy atom. The molecule has 2 aromatic carbocycles. The quantitative estimate of drug-likeness (QED) is 0.306. The lowest BCUT2D eigenvalue weighted by Gasteiger charge is -2.16. The summed E-state index contributed by atoms with van der Waals surface area (Å²) in [5, 5.41) is 12.6. The van der Waals surface area contributed by atoms with E-state index in [-0.39, 0.29) is 22.2 Å². The number of thioether (sulfide) groups is 1. The molecule has 0 aliphatic heterocycles. The van der Waals surface area contributed by atoms with Gasteiger partial charge in [0, 0.05) is 17.8 Å². The minimum Gasteiger partial charge on any atom is -0.325 e. The minimum absolute atomic E-state index is 0.0397. The van der Waals surface area contributed by atoms with Gasteiger partial charge in [-0.3, -0.25) is 14.9 Å². The second-order valence-corrected chi connectivity index (χ2v) is 7.86. The molecule has 1 N–H and O–H groups in total. The standard InChI is InChI=1S/C20H17F3N4O3S/c1-13(18(28)25-15-8-5-9-16(10-15)27(29)30)31-19-24-11-17(14-6-3-2-4-7-14)26(19)12-20(21,22)23/h2-11,13H,12H2,1H3,(H,25,28). The maximum Gasteiger partial charge on any atom is 0.406 e. The van der Waals surface area contributed by atoms with Gasteiger partial charge in [0.15, 0.2) is 5.16 Å². The Hall–Kier alpha value is -3.34. The molecular formula is C20H17F3N4O3S. The van der Waals surface area contributed by atoms with Crippen molar-refractivity contribution in [3.63, 3.8) is 0 Å². The van der Waals surface area contributed by atoms with Crippen molar-refractivity contribution in [1.29, 1.82) is 0 Å². The summed E-state index contributed by atoms with van der Waals surface area (Å²) in [7, 11) is 0. The zero-order valence-corrected chi connectivity index (χ0v) is 17.0. The molecule has 0 bridgehead atoms. The molecule has 1 heterocycles. The Labute approximate surface area is 179 Å². The average Bonchev–Trinajstić information content (AvgIpc) is 3.09. The molecule has 0 radical (unpaired) electrons. The summed E-state index contributed by atoms with van der Waals surface area (Å²) < 4.78 is 40.6. The number of nitro benzene ring substituents is 1. The molecule has 1 amide bonds. The van der Waals surface area contributed by atoms with Gasteiger partial charge in [-0.2, -0.15) is 13.2 Å². The Kier molecular flexibility index (Phi) is 6.64. The fraction of sp³-hybridized carbons (Fsp3) is 0.200. The number of nitro groups is 1. The largest absolute Gasteiger partial charge is 0.406 e. The van der Waals surface area contributed by atoms with E-state index in [9.17, 15) is 28.1 Å². The summed E-state index contributed by atoms with van der Waals surface area (Å²) in [5.74, 6) is -0.520. The number of benzene rings is 2. The van der Waals surface area contributed by atoms with Gasteiger partial charge in [0.25, 0.3) is 5.69 Å². The van der Waals surface area contributed by atoms with Crippen LogP contribution in [0.4, 0.5) is 24.5 Å². The summed E-state index contributed by atoms with van der Waals surface area (Å²) in [6.45, 7) is 0.269. The van der Waals surface area contributed by atoms with E-state index in [1.54, 1.807) is 30.3 Å². The molecule has 11 heteroatoms. The van der Waals surface area contributed by atoms with Crippen LogP contribution in [-0.2, 0) is 11.3 Å². The number of non-ortho nitro benzene ring substituents is 1. The topological polar surface area (TPSA) is 90.1 Å². The van der Waals surface area contributed by atoms with Gasteiger partial charge < -0.3 is 9.88 Å². The van der Waals surface area contributed by atoms with Crippen molar-refractivity contribution >= 4 is 29.0 Å². The Balaban J connectivity index is 1.81. The molecule has 31 heavy (non-hydrogen) atoms. The molecule has 0 aliphatic carbocycles. The fourth-order valence-electron chi connectivity index (χ4n) is 2.78. The van der Waals surface area contributed by atoms with Crippen LogP contribution in [0, 0.1) is 10.1 Å². The molecule has 7 nitrogen and oxygen atoms in total. The van der Waals surface area contributed by atoms with Gasteiger partial charge in [-0.15, -0.1) is 0 Å². The van der Waals surface area contributed by atoms with Crippen molar-refractivity contribution in [3.05, 3.63) is 70.9 Å². The van der Waals surface area contributed by atoms with Crippen LogP contribution in [-0.4, -0.2) is 31.8 Å². The van der Waals surface area contributed by atoms with E-state index in [2.05, 4.69) is 10.3 Å². The van der Waals surface area contributed by atoms with Crippen LogP contribution >= 0.6 is 11.8 Å². The van der Waals surface area contributed by atoms with Crippen LogP contribution in [0.25, 0.3) is 11.3 Å². The molecular weight excluding hydrogens is 433 g/mol. The lowest BCUT2D eigenvalue weighted by molar-refractivity contribution is -0.384. The minimum atomic E-state index is -4.48. The number of carbonyl (C=O) groups excluding carboxylic acids is 1. The summed E-state index contributed by atoms with van der Waals surface area (Å²) >= 11 is 0.870. The van der Waals surface area contributed by atoms with Crippen molar-refractivity contribution in [3.8, 4) is 11.3 Å². The van der Waals surface area contributed by atoms with Gasteiger partial charge in [-0.25, -0.2) is 4.98 Å². The number of amides is 1. The first kappa shape index (κ1) is 22.3. The number of anilines is 1. The predicted molar refractivity (Wildman–Crippen MR) is 111 cm³/mol. The molecule has 0 fully saturated rings. The van der Waals surface area contributed by atoms with Crippen molar-refractivity contribution in [2.75, 3.05) is 5.32 Å². The van der Waals surface area contributed by atoms with Crippen LogP contribution in [0.3, 0.4) is 0 Å². The summed E-state index contributed by atoms with van der Waals surface area (Å²) in [6, 6.07) is 13.9. The van der Waals surface area contributed by atoms with Crippen LogP contribution < -0.4 is 5.32 Å². The number of nitrogens with one attached hydrogen (secondary N) is 1. The molecule has 3 aromatic rings. The number of hydrogen-bond donors (Lipinski definition) is 1. The third-order valence-corrected chi connectivity index (χ3v) is 5.31. The highest BCUT2D eigenvalue weighted by atomic mass is 32.2. The molecule has 0 saturated carbocycles. The van der Waals surface area contributed by atoms with Gasteiger partial charge >= 0.3 is 6.18 Å². The van der Waals surface area contributed by atoms with E-state index in [0.717, 1.165) is 16.3 Å². The van der Waals surface area contributed by atoms with Crippen LogP contribution in [0.1, 0.15) is 6.92 Å². The zero-order chi connectivity index (χ0) is 22.6. The van der Waals surface area contributed by atoms with E-state index >= 15 is 0 Å². The second kappa shape index (κ2) is 9.21. The highest BCUT2D eigenvalue weighted by Gasteiger charge is 2.31. The van der Waals surface area contributed by atoms with Crippen LogP contribution in [0.15, 0.2) is 66.0 Å². The highest BCUT2D eigenvalue weighted by molar-refractivity contribution is 8.00. The first-order valence-electron chi connectivity index (χ1n) is 9.04. The average molecular weight is 450 g/mol. The van der Waals surface area contributed by atoms with E-state index < -0.39 is 28.8 Å². The number of rotatable bonds is 7. The molecule has 3 rings (SSSR count). The second-order valence-electron chi connectivity index (χ2n) is 6.55. The smallest absolute Gasteiger partial charge is 0.325 e. The Morgan fingerprint density at radius 1 is 1.23 bits per heavy atom. The third kappa shape index (κ3) is 5.85. The first-order valence-corrected chi connectivity index (χ1v) is 9.91. The van der Waals surface area contributed by atoms with Crippen molar-refractivity contribution in [1.82, 2.24) is 9.55 Å². The predicted octanol–water partition coefficient (Wildman–Crippen LogP) is 5.14. The van der Waals surface area contributed by atoms with E-state index in [1.807, 2.05) is 0 Å². The van der Waals surface area contributed by atoms with Crippen LogP contribution in [0.5, 0.6) is 0 Å². The molecule has 1 atom stereocenters. The van der Waals surface area contributed by atoms with Crippen molar-refractivity contribution < 1.29 is 22.9 Å². The lowest BCUT2D eigenvalue weighted by Crippen LogP contribution is -2.24. The molecule has 1 aromatic heterocycles. The lowest BCUT2D eigenvalue weighted by atomic mass is 10.2. The molecule has 0 saturated heterocycles. The van der Waals surface area contributed by atoms with Crippen LogP contribution in [0.2, 0.25) is 0 Å². The SMILES string of the molecule is CC(Sc1ncc(-c2ccccc2)n1CC(F)(F)F)C(=O)Nc1cccc([N+](=O)[O-])c1. The number of halogens is 3. The normalized spacial score (nSPS) is 12.4. The maximum absolute atomic E-state index is 13.2. The fourth-order valence-corrected chi connectivity index (χ4v) is 3.66. The molecule has 1 unspecified atom stereocenters. The maximum atomic E-state index is 13.2. The van der Waals surface area contributed by atoms with Crippen molar-refractivity contribution in [2.24, 2.45) is 0 Å². The van der Waals surface area contributed by atoms with Gasteiger partial charge in [-0.1, -0.05) is 48.2 Å². The Morgan fingerprint density at radius 2 is 1.94 bits per heavy atom. The summed E-state index contributed by atoms with van der Waals surface area (Å²) in [4.78, 5) is 26.9. The first-order chi connectivity index (χ1) is 14.6. The van der Waals surface area contributed by atoms with E-state index in [1.165, 1.54) is 37.4 Å². The number of imidazole rings is 1. The van der Waals surface area contributed by atoms with Gasteiger partial charge in [0.05, 0.1) is 22.1 Å². The van der Waals surface area contributed by atoms with Gasteiger partial charge in [0.1, 0.15) is 6.54 Å². The molecule has 162 valence electrons. The van der Waals surface area contributed by atoms with E-state index in [4.69, 9.17) is 0 Å². The van der Waals surface area contributed by atoms with Crippen molar-refractivity contribution in [2.45, 2.75) is 30.1 Å². The number of alkyl halides is 3. The number of carbonyl (C=O) groups is 1. The summed E-state index contributed by atoms with van der Waals surface area (Å²) in [5.41, 5.74) is 0.883. The number of aromatic nitrogens is 2. The summed E-state index contributed by atoms with van der Waals surface area (Å²) in [6.07, 6.45) is -3.14. The molecule has 0 spiro atoms. The van der Waals surface area contributed by atoms with Gasteiger partial charge in [0.2, 0.25) is 5.91 Å².